The van der Waals surface area contributed by atoms with E-state index >= 15 is 0 Å². The highest BCUT2D eigenvalue weighted by molar-refractivity contribution is 5.90. The Kier molecular flexibility index (Phi) is 8.65. The standard InChI is InChI=1S/C21H18O5.C17H14O5/c1-21(2,26-20(23)13-6-4-3-5-7-13)18-11-15-10-14-8-9-19(22)25-16(14)12-17(15)24-18;1-20-11-5-3-10(4-6-11)13-9-22-16-12(15(13)19)7-8-14(18)17(16)21-2/h3-10,12,18H,11H2,1-2H3;3-9,18H,1-2H3. The van der Waals surface area contributed by atoms with Crippen LogP contribution >= 0.6 is 0 Å². The molecule has 0 spiro atoms. The molecule has 48 heavy (non-hydrogen) atoms. The smallest absolute Gasteiger partial charge is 0.338 e. The van der Waals surface area contributed by atoms with E-state index in [1.165, 1.54) is 31.6 Å². The number of methoxy groups -OCH3 is 2. The summed E-state index contributed by atoms with van der Waals surface area (Å²) in [4.78, 5) is 36.4. The maximum atomic E-state index is 12.6. The molecule has 10 nitrogen and oxygen atoms in total. The number of esters is 1. The van der Waals surface area contributed by atoms with Crippen LogP contribution in [0, 0.1) is 0 Å². The second-order valence-corrected chi connectivity index (χ2v) is 11.6. The first-order valence-corrected chi connectivity index (χ1v) is 15.1. The zero-order valence-corrected chi connectivity index (χ0v) is 26.6. The van der Waals surface area contributed by atoms with Gasteiger partial charge in [-0.25, -0.2) is 9.59 Å². The topological polar surface area (TPSA) is 135 Å². The van der Waals surface area contributed by atoms with E-state index in [9.17, 15) is 19.5 Å². The Hall–Kier alpha value is -6.03. The van der Waals surface area contributed by atoms with Gasteiger partial charge in [0.1, 0.15) is 35.1 Å². The van der Waals surface area contributed by atoms with Crippen molar-refractivity contribution in [3.63, 3.8) is 0 Å². The van der Waals surface area contributed by atoms with Gasteiger partial charge in [0, 0.05) is 23.9 Å². The van der Waals surface area contributed by atoms with Crippen molar-refractivity contribution in [2.45, 2.75) is 32.0 Å². The molecule has 1 aliphatic rings. The summed E-state index contributed by atoms with van der Waals surface area (Å²) < 4.78 is 32.7. The quantitative estimate of drug-likeness (QED) is 0.150. The third-order valence-corrected chi connectivity index (χ3v) is 8.10. The number of carbonyl (C=O) groups is 1. The molecule has 0 saturated heterocycles. The number of fused-ring (bicyclic) bond motifs is 3. The molecule has 0 radical (unpaired) electrons. The molecule has 1 N–H and O–H groups in total. The van der Waals surface area contributed by atoms with E-state index in [4.69, 9.17) is 27.8 Å². The first-order chi connectivity index (χ1) is 23.1. The van der Waals surface area contributed by atoms with E-state index in [1.807, 2.05) is 26.0 Å². The number of hydrogen-bond acceptors (Lipinski definition) is 10. The van der Waals surface area contributed by atoms with Crippen LogP contribution in [-0.4, -0.2) is 37.0 Å². The van der Waals surface area contributed by atoms with E-state index in [2.05, 4.69) is 0 Å². The molecule has 0 aliphatic carbocycles. The first kappa shape index (κ1) is 31.9. The molecule has 0 bridgehead atoms. The van der Waals surface area contributed by atoms with Gasteiger partial charge in [-0.1, -0.05) is 30.3 Å². The van der Waals surface area contributed by atoms with Gasteiger partial charge >= 0.3 is 11.6 Å². The number of phenols is 1. The SMILES string of the molecule is CC(C)(OC(=O)c1ccccc1)C1Cc2cc3ccc(=O)oc3cc2O1.COc1ccc(-c2coc3c(OC)c(O)ccc3c2=O)cc1. The zero-order valence-electron chi connectivity index (χ0n) is 26.6. The van der Waals surface area contributed by atoms with Crippen molar-refractivity contribution >= 4 is 27.9 Å². The van der Waals surface area contributed by atoms with Gasteiger partial charge in [0.2, 0.25) is 11.2 Å². The molecule has 244 valence electrons. The molecule has 3 heterocycles. The fourth-order valence-electron chi connectivity index (χ4n) is 5.46. The van der Waals surface area contributed by atoms with Crippen LogP contribution in [0.4, 0.5) is 0 Å². The number of phenolic OH excluding ortho intramolecular Hbond substituents is 1. The van der Waals surface area contributed by atoms with E-state index in [1.54, 1.807) is 67.8 Å². The lowest BCUT2D eigenvalue weighted by atomic mass is 9.96. The van der Waals surface area contributed by atoms with Gasteiger partial charge in [0.25, 0.3) is 0 Å². The number of benzene rings is 4. The molecular weight excluding hydrogens is 616 g/mol. The Morgan fingerprint density at radius 2 is 1.65 bits per heavy atom. The summed E-state index contributed by atoms with van der Waals surface area (Å²) in [5.41, 5.74) is 1.96. The lowest BCUT2D eigenvalue weighted by molar-refractivity contribution is -0.0517. The highest BCUT2D eigenvalue weighted by atomic mass is 16.6. The highest BCUT2D eigenvalue weighted by Crippen LogP contribution is 2.38. The minimum Gasteiger partial charge on any atom is -0.504 e. The van der Waals surface area contributed by atoms with Gasteiger partial charge in [-0.2, -0.15) is 0 Å². The predicted octanol–water partition coefficient (Wildman–Crippen LogP) is 6.91. The lowest BCUT2D eigenvalue weighted by Gasteiger charge is -2.30. The summed E-state index contributed by atoms with van der Waals surface area (Å²) in [7, 11) is 2.99. The zero-order chi connectivity index (χ0) is 34.0. The normalized spacial score (nSPS) is 13.6. The highest BCUT2D eigenvalue weighted by Gasteiger charge is 2.40. The van der Waals surface area contributed by atoms with Gasteiger partial charge in [-0.15, -0.1) is 0 Å². The van der Waals surface area contributed by atoms with Crippen molar-refractivity contribution in [2.24, 2.45) is 0 Å². The fraction of sp³-hybridized carbons (Fsp3) is 0.184. The van der Waals surface area contributed by atoms with E-state index in [0.29, 0.717) is 40.0 Å². The number of carbonyl (C=O) groups excluding carboxylic acids is 1. The maximum Gasteiger partial charge on any atom is 0.338 e. The van der Waals surface area contributed by atoms with Crippen LogP contribution in [0.2, 0.25) is 0 Å². The monoisotopic (exact) mass is 648 g/mol. The molecule has 6 aromatic rings. The molecule has 0 amide bonds. The summed E-state index contributed by atoms with van der Waals surface area (Å²) in [5.74, 6) is 1.05. The molecule has 1 aliphatic heterocycles. The van der Waals surface area contributed by atoms with Gasteiger partial charge in [0.15, 0.2) is 11.3 Å². The largest absolute Gasteiger partial charge is 0.504 e. The van der Waals surface area contributed by atoms with Gasteiger partial charge in [0.05, 0.1) is 30.7 Å². The molecule has 1 atom stereocenters. The van der Waals surface area contributed by atoms with Crippen LogP contribution in [0.15, 0.2) is 116 Å². The van der Waals surface area contributed by atoms with Crippen LogP contribution in [0.3, 0.4) is 0 Å². The Bertz CT molecular complexity index is 2230. The van der Waals surface area contributed by atoms with Gasteiger partial charge in [-0.05, 0) is 73.5 Å². The van der Waals surface area contributed by atoms with Gasteiger partial charge < -0.3 is 32.9 Å². The van der Waals surface area contributed by atoms with Crippen molar-refractivity contribution in [2.75, 3.05) is 14.2 Å². The van der Waals surface area contributed by atoms with Crippen molar-refractivity contribution < 1.29 is 37.7 Å². The van der Waals surface area contributed by atoms with Crippen LogP contribution in [0.5, 0.6) is 23.0 Å². The summed E-state index contributed by atoms with van der Waals surface area (Å²) in [6, 6.07) is 25.7. The summed E-state index contributed by atoms with van der Waals surface area (Å²) in [6.45, 7) is 3.68. The van der Waals surface area contributed by atoms with Crippen molar-refractivity contribution in [3.8, 4) is 34.1 Å². The summed E-state index contributed by atoms with van der Waals surface area (Å²) >= 11 is 0. The molecule has 1 unspecified atom stereocenters. The number of aromatic hydroxyl groups is 1. The first-order valence-electron chi connectivity index (χ1n) is 15.1. The van der Waals surface area contributed by atoms with Crippen molar-refractivity contribution in [1.29, 1.82) is 0 Å². The van der Waals surface area contributed by atoms with Gasteiger partial charge in [-0.3, -0.25) is 4.79 Å². The van der Waals surface area contributed by atoms with E-state index in [-0.39, 0.29) is 34.6 Å². The molecule has 0 saturated carbocycles. The van der Waals surface area contributed by atoms with Crippen molar-refractivity contribution in [3.05, 3.63) is 129 Å². The van der Waals surface area contributed by atoms with E-state index in [0.717, 1.165) is 16.5 Å². The third-order valence-electron chi connectivity index (χ3n) is 8.10. The second-order valence-electron chi connectivity index (χ2n) is 11.6. The minimum atomic E-state index is -0.820. The third kappa shape index (κ3) is 6.32. The Balaban J connectivity index is 0.000000170. The average molecular weight is 649 g/mol. The molecule has 2 aromatic heterocycles. The Morgan fingerprint density at radius 3 is 2.35 bits per heavy atom. The molecule has 0 fully saturated rings. The number of hydrogen-bond donors (Lipinski definition) is 1. The van der Waals surface area contributed by atoms with Crippen LogP contribution < -0.4 is 25.3 Å². The molecular formula is C38H32O10. The number of rotatable bonds is 6. The fourth-order valence-corrected chi connectivity index (χ4v) is 5.46. The van der Waals surface area contributed by atoms with E-state index < -0.39 is 11.2 Å². The second kappa shape index (κ2) is 13.0. The van der Waals surface area contributed by atoms with Crippen LogP contribution in [-0.2, 0) is 11.2 Å². The maximum absolute atomic E-state index is 12.6. The number of ether oxygens (including phenoxy) is 4. The van der Waals surface area contributed by atoms with Crippen LogP contribution in [0.1, 0.15) is 29.8 Å². The van der Waals surface area contributed by atoms with Crippen molar-refractivity contribution in [1.82, 2.24) is 0 Å². The minimum absolute atomic E-state index is 0.0738. The summed E-state index contributed by atoms with van der Waals surface area (Å²) in [6.07, 6.45) is 1.65. The average Bonchev–Trinajstić information content (AvgIpc) is 3.52. The molecule has 4 aromatic carbocycles. The molecule has 10 heteroatoms. The summed E-state index contributed by atoms with van der Waals surface area (Å²) in [5, 5.41) is 10.9. The predicted molar refractivity (Wildman–Crippen MR) is 179 cm³/mol. The Labute approximate surface area is 274 Å². The van der Waals surface area contributed by atoms with Crippen LogP contribution in [0.25, 0.3) is 33.1 Å². The Morgan fingerprint density at radius 1 is 0.896 bits per heavy atom. The lowest BCUT2D eigenvalue weighted by Crippen LogP contribution is -2.43. The molecule has 7 rings (SSSR count).